The third kappa shape index (κ3) is 5.22. The Kier molecular flexibility index (Phi) is 6.52. The highest BCUT2D eigenvalue weighted by atomic mass is 35.5. The Bertz CT molecular complexity index is 709. The van der Waals surface area contributed by atoms with Gasteiger partial charge in [-0.3, -0.25) is 0 Å². The molecule has 0 bridgehead atoms. The molecule has 0 aliphatic carbocycles. The van der Waals surface area contributed by atoms with Gasteiger partial charge in [-0.1, -0.05) is 28.9 Å². The van der Waals surface area contributed by atoms with Gasteiger partial charge in [0, 0.05) is 43.2 Å². The van der Waals surface area contributed by atoms with Gasteiger partial charge in [0.1, 0.15) is 17.6 Å². The van der Waals surface area contributed by atoms with Crippen LogP contribution in [0.25, 0.3) is 11.3 Å². The van der Waals surface area contributed by atoms with Crippen molar-refractivity contribution in [3.8, 4) is 11.3 Å². The highest BCUT2D eigenvalue weighted by molar-refractivity contribution is 6.30. The zero-order valence-corrected chi connectivity index (χ0v) is 15.7. The topological polar surface area (TPSA) is 67.6 Å². The number of aryl methyl sites for hydroxylation is 1. The predicted molar refractivity (Wildman–Crippen MR) is 100 cm³/mol. The second-order valence-corrected chi connectivity index (χ2v) is 6.92. The highest BCUT2D eigenvalue weighted by Crippen LogP contribution is 2.22. The fraction of sp³-hybridized carbons (Fsp3) is 0.474. The average Bonchev–Trinajstić information content (AvgIpc) is 3.12. The molecule has 1 aromatic heterocycles. The number of likely N-dealkylation sites (tertiary alicyclic amines) is 1. The number of hydrogen-bond acceptors (Lipinski definition) is 5. The summed E-state index contributed by atoms with van der Waals surface area (Å²) in [5.41, 5.74) is 1.84. The van der Waals surface area contributed by atoms with Crippen molar-refractivity contribution in [3.63, 3.8) is 0 Å². The monoisotopic (exact) mass is 377 g/mol. The minimum absolute atomic E-state index is 0.0300. The fourth-order valence-corrected chi connectivity index (χ4v) is 3.25. The summed E-state index contributed by atoms with van der Waals surface area (Å²) in [7, 11) is 1.58. The number of alkyl carbamates (subject to hydrolysis) is 1. The van der Waals surface area contributed by atoms with Crippen LogP contribution in [0.1, 0.15) is 25.0 Å². The first-order chi connectivity index (χ1) is 12.6. The van der Waals surface area contributed by atoms with Crippen molar-refractivity contribution in [1.29, 1.82) is 0 Å². The van der Waals surface area contributed by atoms with E-state index in [9.17, 15) is 4.79 Å². The lowest BCUT2D eigenvalue weighted by Gasteiger charge is -2.31. The number of rotatable bonds is 6. The molecule has 0 radical (unpaired) electrons. The van der Waals surface area contributed by atoms with Crippen LogP contribution in [-0.2, 0) is 11.2 Å². The van der Waals surface area contributed by atoms with Crippen molar-refractivity contribution >= 4 is 17.7 Å². The summed E-state index contributed by atoms with van der Waals surface area (Å²) in [5, 5.41) is 7.35. The van der Waals surface area contributed by atoms with E-state index in [2.05, 4.69) is 15.4 Å². The lowest BCUT2D eigenvalue weighted by atomic mass is 10.1. The van der Waals surface area contributed by atoms with Crippen molar-refractivity contribution < 1.29 is 14.1 Å². The van der Waals surface area contributed by atoms with Gasteiger partial charge in [0.15, 0.2) is 0 Å². The summed E-state index contributed by atoms with van der Waals surface area (Å²) in [5.74, 6) is 0.896. The van der Waals surface area contributed by atoms with E-state index in [4.69, 9.17) is 20.9 Å². The molecule has 1 aliphatic rings. The predicted octanol–water partition coefficient (Wildman–Crippen LogP) is 3.75. The summed E-state index contributed by atoms with van der Waals surface area (Å²) in [4.78, 5) is 13.6. The van der Waals surface area contributed by atoms with Gasteiger partial charge >= 0.3 is 6.09 Å². The summed E-state index contributed by atoms with van der Waals surface area (Å²) in [6.45, 7) is 2.91. The van der Waals surface area contributed by atoms with Crippen molar-refractivity contribution in [2.45, 2.75) is 31.8 Å². The Labute approximate surface area is 158 Å². The van der Waals surface area contributed by atoms with Crippen LogP contribution in [0.5, 0.6) is 0 Å². The molecule has 1 aromatic carbocycles. The maximum atomic E-state index is 11.2. The van der Waals surface area contributed by atoms with Crippen LogP contribution in [0.15, 0.2) is 34.9 Å². The Morgan fingerprint density at radius 2 is 2.08 bits per heavy atom. The van der Waals surface area contributed by atoms with Crippen LogP contribution in [0, 0.1) is 0 Å². The molecular formula is C19H24ClN3O3. The summed E-state index contributed by atoms with van der Waals surface area (Å²) < 4.78 is 10.8. The molecule has 140 valence electrons. The van der Waals surface area contributed by atoms with Crippen LogP contribution in [0.4, 0.5) is 4.79 Å². The second kappa shape index (κ2) is 9.05. The molecule has 0 saturated carbocycles. The zero-order chi connectivity index (χ0) is 18.4. The molecule has 3 rings (SSSR count). The number of nitrogens with one attached hydrogen (secondary N) is 1. The van der Waals surface area contributed by atoms with Gasteiger partial charge in [-0.05, 0) is 37.9 Å². The van der Waals surface area contributed by atoms with Crippen LogP contribution < -0.4 is 5.32 Å². The number of ether oxygens (including phenoxy) is 1. The van der Waals surface area contributed by atoms with E-state index in [1.165, 1.54) is 0 Å². The van der Waals surface area contributed by atoms with E-state index in [0.29, 0.717) is 5.02 Å². The molecule has 0 unspecified atom stereocenters. The van der Waals surface area contributed by atoms with E-state index >= 15 is 0 Å². The van der Waals surface area contributed by atoms with Gasteiger partial charge in [-0.2, -0.15) is 0 Å². The molecule has 1 fully saturated rings. The summed E-state index contributed by atoms with van der Waals surface area (Å²) in [6.07, 6.45) is 3.32. The van der Waals surface area contributed by atoms with Crippen LogP contribution in [0.3, 0.4) is 0 Å². The highest BCUT2D eigenvalue weighted by Gasteiger charge is 2.21. The van der Waals surface area contributed by atoms with Gasteiger partial charge < -0.3 is 19.5 Å². The lowest BCUT2D eigenvalue weighted by molar-refractivity contribution is 0.0515. The maximum Gasteiger partial charge on any atom is 0.407 e. The maximum absolute atomic E-state index is 11.2. The Hall–Kier alpha value is -2.05. The van der Waals surface area contributed by atoms with Crippen LogP contribution in [0.2, 0.25) is 5.02 Å². The first-order valence-corrected chi connectivity index (χ1v) is 9.34. The van der Waals surface area contributed by atoms with E-state index in [-0.39, 0.29) is 12.2 Å². The smallest absolute Gasteiger partial charge is 0.407 e. The Morgan fingerprint density at radius 3 is 2.77 bits per heavy atom. The van der Waals surface area contributed by atoms with E-state index in [1.807, 2.05) is 30.3 Å². The SMILES string of the molecule is CNC(=O)OC1CCN(CCCc2cc(-c3ccc(Cl)cc3)no2)CC1. The van der Waals surface area contributed by atoms with Crippen LogP contribution >= 0.6 is 11.6 Å². The van der Waals surface area contributed by atoms with E-state index in [1.54, 1.807) is 7.05 Å². The molecule has 0 spiro atoms. The minimum atomic E-state index is -0.342. The number of carbonyl (C=O) groups excluding carboxylic acids is 1. The van der Waals surface area contributed by atoms with Crippen molar-refractivity contribution in [3.05, 3.63) is 41.1 Å². The van der Waals surface area contributed by atoms with Crippen molar-refractivity contribution in [1.82, 2.24) is 15.4 Å². The third-order valence-corrected chi connectivity index (χ3v) is 4.86. The molecule has 1 N–H and O–H groups in total. The summed E-state index contributed by atoms with van der Waals surface area (Å²) in [6, 6.07) is 9.57. The van der Waals surface area contributed by atoms with Gasteiger partial charge in [-0.15, -0.1) is 0 Å². The molecule has 2 aromatic rings. The number of aromatic nitrogens is 1. The van der Waals surface area contributed by atoms with Gasteiger partial charge in [0.05, 0.1) is 0 Å². The van der Waals surface area contributed by atoms with E-state index < -0.39 is 0 Å². The minimum Gasteiger partial charge on any atom is -0.446 e. The molecule has 1 saturated heterocycles. The number of nitrogens with zero attached hydrogens (tertiary/aromatic N) is 2. The first kappa shape index (κ1) is 18.7. The molecule has 0 atom stereocenters. The molecule has 26 heavy (non-hydrogen) atoms. The largest absolute Gasteiger partial charge is 0.446 e. The number of hydrogen-bond donors (Lipinski definition) is 1. The van der Waals surface area contributed by atoms with Crippen molar-refractivity contribution in [2.75, 3.05) is 26.7 Å². The van der Waals surface area contributed by atoms with Crippen LogP contribution in [-0.4, -0.2) is 48.9 Å². The number of carbonyl (C=O) groups is 1. The number of piperidine rings is 1. The van der Waals surface area contributed by atoms with Gasteiger partial charge in [-0.25, -0.2) is 4.79 Å². The number of halogens is 1. The number of amides is 1. The Balaban J connectivity index is 1.39. The quantitative estimate of drug-likeness (QED) is 0.830. The zero-order valence-electron chi connectivity index (χ0n) is 14.9. The molecule has 1 amide bonds. The Morgan fingerprint density at radius 1 is 1.35 bits per heavy atom. The first-order valence-electron chi connectivity index (χ1n) is 8.96. The average molecular weight is 378 g/mol. The normalized spacial score (nSPS) is 15.8. The van der Waals surface area contributed by atoms with Crippen molar-refractivity contribution in [2.24, 2.45) is 0 Å². The standard InChI is InChI=1S/C19H24ClN3O3/c1-21-19(24)25-16-8-11-23(12-9-16)10-2-3-17-13-18(22-26-17)14-4-6-15(20)7-5-14/h4-7,13,16H,2-3,8-12H2,1H3,(H,21,24). The van der Waals surface area contributed by atoms with E-state index in [0.717, 1.165) is 62.3 Å². The fourth-order valence-electron chi connectivity index (χ4n) is 3.13. The lowest BCUT2D eigenvalue weighted by Crippen LogP contribution is -2.39. The second-order valence-electron chi connectivity index (χ2n) is 6.49. The molecular weight excluding hydrogens is 354 g/mol. The van der Waals surface area contributed by atoms with Gasteiger partial charge in [0.2, 0.25) is 0 Å². The molecule has 2 heterocycles. The van der Waals surface area contributed by atoms with Gasteiger partial charge in [0.25, 0.3) is 0 Å². The third-order valence-electron chi connectivity index (χ3n) is 4.61. The molecule has 6 nitrogen and oxygen atoms in total. The summed E-state index contributed by atoms with van der Waals surface area (Å²) >= 11 is 5.91. The molecule has 1 aliphatic heterocycles. The molecule has 7 heteroatoms. The number of benzene rings is 1.